The smallest absolute Gasteiger partial charge is 0.228 e. The Morgan fingerprint density at radius 1 is 1.35 bits per heavy atom. The second-order valence-electron chi connectivity index (χ2n) is 5.13. The summed E-state index contributed by atoms with van der Waals surface area (Å²) in [5, 5.41) is 8.58. The van der Waals surface area contributed by atoms with Gasteiger partial charge in [0.05, 0.1) is 5.25 Å². The van der Waals surface area contributed by atoms with Crippen LogP contribution in [0.25, 0.3) is 0 Å². The largest absolute Gasteiger partial charge is 0.339 e. The molecule has 0 aromatic carbocycles. The molecule has 1 fully saturated rings. The van der Waals surface area contributed by atoms with Gasteiger partial charge in [-0.1, -0.05) is 25.4 Å². The summed E-state index contributed by atoms with van der Waals surface area (Å²) < 4.78 is 5.47. The molecule has 3 atom stereocenters. The Morgan fingerprint density at radius 3 is 2.85 bits per heavy atom. The third-order valence-corrected chi connectivity index (χ3v) is 6.90. The molecule has 0 radical (unpaired) electrons. The molecule has 0 spiro atoms. The predicted molar refractivity (Wildman–Crippen MR) is 87.5 cm³/mol. The van der Waals surface area contributed by atoms with E-state index in [1.54, 1.807) is 0 Å². The maximum Gasteiger partial charge on any atom is 0.228 e. The fourth-order valence-electron chi connectivity index (χ4n) is 2.52. The van der Waals surface area contributed by atoms with Gasteiger partial charge in [0.2, 0.25) is 5.89 Å². The first-order valence-corrected chi connectivity index (χ1v) is 9.61. The average Bonchev–Trinajstić information content (AvgIpc) is 2.95. The van der Waals surface area contributed by atoms with Crippen LogP contribution in [0.5, 0.6) is 0 Å². The zero-order chi connectivity index (χ0) is 14.4. The van der Waals surface area contributed by atoms with Crippen molar-refractivity contribution in [2.75, 3.05) is 18.6 Å². The van der Waals surface area contributed by atoms with Crippen LogP contribution in [0.15, 0.2) is 4.52 Å². The highest BCUT2D eigenvalue weighted by Gasteiger charge is 2.30. The summed E-state index contributed by atoms with van der Waals surface area (Å²) in [7, 11) is 2.00. The van der Waals surface area contributed by atoms with Crippen molar-refractivity contribution in [3.8, 4) is 0 Å². The van der Waals surface area contributed by atoms with Gasteiger partial charge in [0.15, 0.2) is 5.82 Å². The standard InChI is InChI=1S/C14H25N3OS2/c1-4-6-10(15-3)9-12-16-14(17-18-12)13-11(5-2)19-7-8-20-13/h10-11,13,15H,4-9H2,1-3H3. The van der Waals surface area contributed by atoms with Crippen molar-refractivity contribution in [3.05, 3.63) is 11.7 Å². The number of nitrogens with zero attached hydrogens (tertiary/aromatic N) is 2. The van der Waals surface area contributed by atoms with Crippen LogP contribution in [0.1, 0.15) is 50.1 Å². The fraction of sp³-hybridized carbons (Fsp3) is 0.857. The van der Waals surface area contributed by atoms with E-state index in [2.05, 4.69) is 29.3 Å². The van der Waals surface area contributed by atoms with Crippen LogP contribution in [0.3, 0.4) is 0 Å². The molecule has 1 aromatic heterocycles. The molecule has 6 heteroatoms. The third-order valence-electron chi connectivity index (χ3n) is 3.66. The Labute approximate surface area is 130 Å². The minimum Gasteiger partial charge on any atom is -0.339 e. The number of thioether (sulfide) groups is 2. The van der Waals surface area contributed by atoms with Gasteiger partial charge < -0.3 is 9.84 Å². The summed E-state index contributed by atoms with van der Waals surface area (Å²) in [5.41, 5.74) is 0. The number of hydrogen-bond acceptors (Lipinski definition) is 6. The average molecular weight is 316 g/mol. The second kappa shape index (κ2) is 8.29. The van der Waals surface area contributed by atoms with E-state index in [4.69, 9.17) is 4.52 Å². The number of rotatable bonds is 7. The Bertz CT molecular complexity index is 400. The van der Waals surface area contributed by atoms with Crippen LogP contribution in [0, 0.1) is 0 Å². The van der Waals surface area contributed by atoms with E-state index in [9.17, 15) is 0 Å². The summed E-state index contributed by atoms with van der Waals surface area (Å²) in [5.74, 6) is 4.10. The quantitative estimate of drug-likeness (QED) is 0.833. The number of aromatic nitrogens is 2. The number of nitrogens with one attached hydrogen (secondary N) is 1. The molecular weight excluding hydrogens is 290 g/mol. The normalized spacial score (nSPS) is 24.8. The topological polar surface area (TPSA) is 51.0 Å². The number of hydrogen-bond donors (Lipinski definition) is 1. The molecule has 1 N–H and O–H groups in total. The molecule has 4 nitrogen and oxygen atoms in total. The zero-order valence-corrected chi connectivity index (χ0v) is 14.2. The first-order valence-electron chi connectivity index (χ1n) is 7.51. The summed E-state index contributed by atoms with van der Waals surface area (Å²) in [6.07, 6.45) is 4.30. The molecule has 0 aliphatic carbocycles. The molecular formula is C14H25N3OS2. The number of likely N-dealkylation sites (N-methyl/N-ethyl adjacent to an activating group) is 1. The molecule has 0 bridgehead atoms. The Balaban J connectivity index is 2.00. The first-order chi connectivity index (χ1) is 9.78. The van der Waals surface area contributed by atoms with Crippen molar-refractivity contribution < 1.29 is 4.52 Å². The Hall–Kier alpha value is -0.200. The molecule has 1 aromatic rings. The summed E-state index contributed by atoms with van der Waals surface area (Å²) >= 11 is 4.02. The molecule has 2 heterocycles. The molecule has 1 saturated heterocycles. The monoisotopic (exact) mass is 315 g/mol. The van der Waals surface area contributed by atoms with Crippen LogP contribution in [-0.4, -0.2) is 40.0 Å². The maximum atomic E-state index is 5.47. The Kier molecular flexibility index (Phi) is 6.71. The van der Waals surface area contributed by atoms with E-state index in [1.165, 1.54) is 24.3 Å². The van der Waals surface area contributed by atoms with E-state index in [0.717, 1.165) is 24.6 Å². The van der Waals surface area contributed by atoms with Crippen molar-refractivity contribution in [2.45, 2.75) is 56.1 Å². The minimum atomic E-state index is 0.399. The highest BCUT2D eigenvalue weighted by atomic mass is 32.2. The van der Waals surface area contributed by atoms with Gasteiger partial charge in [0, 0.05) is 29.2 Å². The summed E-state index contributed by atoms with van der Waals surface area (Å²) in [6, 6.07) is 0.434. The SMILES string of the molecule is CCCC(Cc1nc(C2SCCSC2CC)no1)NC. The van der Waals surface area contributed by atoms with Gasteiger partial charge in [-0.25, -0.2) is 0 Å². The van der Waals surface area contributed by atoms with E-state index >= 15 is 0 Å². The molecule has 20 heavy (non-hydrogen) atoms. The van der Waals surface area contributed by atoms with Crippen LogP contribution in [0.2, 0.25) is 0 Å². The van der Waals surface area contributed by atoms with E-state index in [0.29, 0.717) is 16.5 Å². The molecule has 1 aliphatic rings. The van der Waals surface area contributed by atoms with Gasteiger partial charge in [-0.15, -0.1) is 11.8 Å². The molecule has 1 aliphatic heterocycles. The highest BCUT2D eigenvalue weighted by molar-refractivity contribution is 8.06. The van der Waals surface area contributed by atoms with Crippen LogP contribution < -0.4 is 5.32 Å². The van der Waals surface area contributed by atoms with Gasteiger partial charge in [0.1, 0.15) is 0 Å². The van der Waals surface area contributed by atoms with Gasteiger partial charge in [-0.2, -0.15) is 16.7 Å². The fourth-order valence-corrected chi connectivity index (χ4v) is 5.50. The summed E-state index contributed by atoms with van der Waals surface area (Å²) in [6.45, 7) is 4.45. The lowest BCUT2D eigenvalue weighted by atomic mass is 10.1. The van der Waals surface area contributed by atoms with Crippen molar-refractivity contribution in [3.63, 3.8) is 0 Å². The van der Waals surface area contributed by atoms with Crippen LogP contribution >= 0.6 is 23.5 Å². The van der Waals surface area contributed by atoms with Crippen LogP contribution in [-0.2, 0) is 6.42 Å². The second-order valence-corrected chi connectivity index (χ2v) is 7.73. The minimum absolute atomic E-state index is 0.399. The lowest BCUT2D eigenvalue weighted by Gasteiger charge is -2.27. The van der Waals surface area contributed by atoms with Crippen molar-refractivity contribution in [1.82, 2.24) is 15.5 Å². The van der Waals surface area contributed by atoms with Crippen LogP contribution in [0.4, 0.5) is 0 Å². The lowest BCUT2D eigenvalue weighted by Crippen LogP contribution is -2.27. The summed E-state index contributed by atoms with van der Waals surface area (Å²) in [4.78, 5) is 4.65. The van der Waals surface area contributed by atoms with E-state index in [-0.39, 0.29) is 0 Å². The van der Waals surface area contributed by atoms with Crippen molar-refractivity contribution in [2.24, 2.45) is 0 Å². The maximum absolute atomic E-state index is 5.47. The molecule has 3 unspecified atom stereocenters. The van der Waals surface area contributed by atoms with Crippen molar-refractivity contribution >= 4 is 23.5 Å². The van der Waals surface area contributed by atoms with Gasteiger partial charge >= 0.3 is 0 Å². The van der Waals surface area contributed by atoms with Crippen molar-refractivity contribution in [1.29, 1.82) is 0 Å². The lowest BCUT2D eigenvalue weighted by molar-refractivity contribution is 0.351. The van der Waals surface area contributed by atoms with Gasteiger partial charge in [-0.05, 0) is 19.9 Å². The van der Waals surface area contributed by atoms with E-state index < -0.39 is 0 Å². The molecule has 0 amide bonds. The highest BCUT2D eigenvalue weighted by Crippen LogP contribution is 2.42. The third kappa shape index (κ3) is 4.15. The zero-order valence-electron chi connectivity index (χ0n) is 12.6. The predicted octanol–water partition coefficient (Wildman–Crippen LogP) is 3.30. The van der Waals surface area contributed by atoms with E-state index in [1.807, 2.05) is 30.6 Å². The Morgan fingerprint density at radius 2 is 2.15 bits per heavy atom. The first kappa shape index (κ1) is 16.2. The molecule has 114 valence electrons. The van der Waals surface area contributed by atoms with Gasteiger partial charge in [0.25, 0.3) is 0 Å². The molecule has 2 rings (SSSR count). The molecule has 0 saturated carbocycles. The van der Waals surface area contributed by atoms with Gasteiger partial charge in [-0.3, -0.25) is 0 Å².